The molecule has 1 saturated heterocycles. The normalized spacial score (nSPS) is 16.0. The number of para-hydroxylation sites is 1. The number of rotatable bonds is 7. The minimum absolute atomic E-state index is 0.0248. The van der Waals surface area contributed by atoms with Crippen molar-refractivity contribution >= 4 is 63.8 Å². The summed E-state index contributed by atoms with van der Waals surface area (Å²) in [6, 6.07) is 11.8. The Labute approximate surface area is 194 Å². The summed E-state index contributed by atoms with van der Waals surface area (Å²) in [6.07, 6.45) is 2.43. The molecule has 3 amide bonds. The van der Waals surface area contributed by atoms with E-state index < -0.39 is 23.6 Å². The molecule has 1 heterocycles. The summed E-state index contributed by atoms with van der Waals surface area (Å²) < 4.78 is 5.73. The standard InChI is InChI=1S/C22H20Cl2N2O4S/c1-3-13(2)30-18-9-8-14(10-16(18)24)11-19-21(28)26(22(29)31-19)12-20(27)25-17-7-5-4-6-15(17)23/h4-11,13H,3,12H2,1-2H3,(H,25,27)/b19-11+/t13-/m1/s1. The Morgan fingerprint density at radius 3 is 2.61 bits per heavy atom. The van der Waals surface area contributed by atoms with Crippen LogP contribution in [0.3, 0.4) is 0 Å². The van der Waals surface area contributed by atoms with E-state index >= 15 is 0 Å². The summed E-state index contributed by atoms with van der Waals surface area (Å²) in [5.74, 6) is -0.510. The summed E-state index contributed by atoms with van der Waals surface area (Å²) in [6.45, 7) is 3.55. The fourth-order valence-electron chi connectivity index (χ4n) is 2.69. The lowest BCUT2D eigenvalue weighted by Gasteiger charge is -2.14. The van der Waals surface area contributed by atoms with E-state index in [1.807, 2.05) is 13.8 Å². The Morgan fingerprint density at radius 2 is 1.94 bits per heavy atom. The number of hydrogen-bond donors (Lipinski definition) is 1. The zero-order valence-electron chi connectivity index (χ0n) is 16.9. The quantitative estimate of drug-likeness (QED) is 0.505. The fraction of sp³-hybridized carbons (Fsp3) is 0.227. The average molecular weight is 479 g/mol. The third-order valence-electron chi connectivity index (χ3n) is 4.48. The SMILES string of the molecule is CC[C@@H](C)Oc1ccc(/C=C2/SC(=O)N(CC(=O)Nc3ccccc3Cl)C2=O)cc1Cl. The lowest BCUT2D eigenvalue weighted by atomic mass is 10.2. The number of carbonyl (C=O) groups is 3. The Hall–Kier alpha value is -2.48. The first-order chi connectivity index (χ1) is 14.8. The van der Waals surface area contributed by atoms with Crippen LogP contribution in [0.25, 0.3) is 6.08 Å². The first kappa shape index (κ1) is 23.2. The number of carbonyl (C=O) groups excluding carboxylic acids is 3. The molecule has 0 bridgehead atoms. The van der Waals surface area contributed by atoms with Crippen LogP contribution in [-0.4, -0.2) is 34.6 Å². The number of thioether (sulfide) groups is 1. The van der Waals surface area contributed by atoms with E-state index in [0.717, 1.165) is 23.1 Å². The van der Waals surface area contributed by atoms with Gasteiger partial charge in [-0.15, -0.1) is 0 Å². The molecule has 0 unspecified atom stereocenters. The van der Waals surface area contributed by atoms with Crippen LogP contribution < -0.4 is 10.1 Å². The Kier molecular flexibility index (Phi) is 7.64. The van der Waals surface area contributed by atoms with Crippen LogP contribution in [0.2, 0.25) is 10.0 Å². The van der Waals surface area contributed by atoms with Crippen molar-refractivity contribution in [1.29, 1.82) is 0 Å². The third-order valence-corrected chi connectivity index (χ3v) is 6.01. The van der Waals surface area contributed by atoms with Crippen molar-refractivity contribution in [3.63, 3.8) is 0 Å². The van der Waals surface area contributed by atoms with E-state index in [0.29, 0.717) is 27.0 Å². The Bertz CT molecular complexity index is 1060. The molecule has 31 heavy (non-hydrogen) atoms. The van der Waals surface area contributed by atoms with E-state index in [9.17, 15) is 14.4 Å². The van der Waals surface area contributed by atoms with Crippen molar-refractivity contribution in [2.24, 2.45) is 0 Å². The maximum absolute atomic E-state index is 12.7. The summed E-state index contributed by atoms with van der Waals surface area (Å²) >= 11 is 13.1. The average Bonchev–Trinajstić information content (AvgIpc) is 2.99. The number of amides is 3. The van der Waals surface area contributed by atoms with E-state index in [-0.39, 0.29) is 11.0 Å². The number of benzene rings is 2. The second-order valence-corrected chi connectivity index (χ2v) is 8.63. The van der Waals surface area contributed by atoms with Crippen LogP contribution in [0, 0.1) is 0 Å². The molecule has 2 aromatic rings. The number of anilines is 1. The first-order valence-corrected chi connectivity index (χ1v) is 11.1. The molecule has 3 rings (SSSR count). The molecule has 1 atom stereocenters. The van der Waals surface area contributed by atoms with Gasteiger partial charge in [0.05, 0.1) is 26.7 Å². The third kappa shape index (κ3) is 5.81. The van der Waals surface area contributed by atoms with Crippen LogP contribution in [0.15, 0.2) is 47.4 Å². The summed E-state index contributed by atoms with van der Waals surface area (Å²) in [4.78, 5) is 38.4. The molecule has 0 saturated carbocycles. The number of ether oxygens (including phenoxy) is 1. The lowest BCUT2D eigenvalue weighted by molar-refractivity contribution is -0.127. The molecule has 1 aliphatic heterocycles. The van der Waals surface area contributed by atoms with Gasteiger partial charge in [-0.3, -0.25) is 19.3 Å². The summed E-state index contributed by atoms with van der Waals surface area (Å²) in [7, 11) is 0. The molecule has 162 valence electrons. The van der Waals surface area contributed by atoms with Crippen LogP contribution in [0.5, 0.6) is 5.75 Å². The molecule has 0 aromatic heterocycles. The Morgan fingerprint density at radius 1 is 1.19 bits per heavy atom. The number of hydrogen-bond acceptors (Lipinski definition) is 5. The van der Waals surface area contributed by atoms with E-state index in [1.54, 1.807) is 48.5 Å². The van der Waals surface area contributed by atoms with Gasteiger partial charge in [0.2, 0.25) is 5.91 Å². The topological polar surface area (TPSA) is 75.7 Å². The highest BCUT2D eigenvalue weighted by molar-refractivity contribution is 8.18. The van der Waals surface area contributed by atoms with Crippen LogP contribution in [0.1, 0.15) is 25.8 Å². The zero-order chi connectivity index (χ0) is 22.5. The van der Waals surface area contributed by atoms with Crippen LogP contribution in [0.4, 0.5) is 10.5 Å². The molecular weight excluding hydrogens is 459 g/mol. The molecule has 0 radical (unpaired) electrons. The summed E-state index contributed by atoms with van der Waals surface area (Å²) in [5, 5.41) is 2.85. The molecule has 0 spiro atoms. The number of halogens is 2. The van der Waals surface area contributed by atoms with Gasteiger partial charge in [-0.1, -0.05) is 48.3 Å². The minimum Gasteiger partial charge on any atom is -0.489 e. The molecule has 1 N–H and O–H groups in total. The molecule has 1 fully saturated rings. The molecular formula is C22H20Cl2N2O4S. The van der Waals surface area contributed by atoms with Gasteiger partial charge < -0.3 is 10.1 Å². The van der Waals surface area contributed by atoms with Crippen molar-refractivity contribution < 1.29 is 19.1 Å². The van der Waals surface area contributed by atoms with Crippen molar-refractivity contribution in [2.75, 3.05) is 11.9 Å². The summed E-state index contributed by atoms with van der Waals surface area (Å²) in [5.41, 5.74) is 1.05. The van der Waals surface area contributed by atoms with Gasteiger partial charge in [0.15, 0.2) is 0 Å². The minimum atomic E-state index is -0.541. The first-order valence-electron chi connectivity index (χ1n) is 9.54. The second kappa shape index (κ2) is 10.2. The molecule has 9 heteroatoms. The molecule has 2 aromatic carbocycles. The van der Waals surface area contributed by atoms with Crippen molar-refractivity contribution in [3.8, 4) is 5.75 Å². The highest BCUT2D eigenvalue weighted by atomic mass is 35.5. The number of nitrogens with one attached hydrogen (secondary N) is 1. The number of nitrogens with zero attached hydrogens (tertiary/aromatic N) is 1. The zero-order valence-corrected chi connectivity index (χ0v) is 19.2. The van der Waals surface area contributed by atoms with Gasteiger partial charge >= 0.3 is 0 Å². The van der Waals surface area contributed by atoms with Crippen molar-refractivity contribution in [1.82, 2.24) is 4.90 Å². The predicted molar refractivity (Wildman–Crippen MR) is 125 cm³/mol. The van der Waals surface area contributed by atoms with Gasteiger partial charge in [0, 0.05) is 0 Å². The molecule has 1 aliphatic rings. The predicted octanol–water partition coefficient (Wildman–Crippen LogP) is 5.85. The maximum atomic E-state index is 12.7. The fourth-order valence-corrected chi connectivity index (χ4v) is 3.94. The van der Waals surface area contributed by atoms with Gasteiger partial charge in [-0.05, 0) is 61.0 Å². The lowest BCUT2D eigenvalue weighted by Crippen LogP contribution is -2.36. The maximum Gasteiger partial charge on any atom is 0.294 e. The monoisotopic (exact) mass is 478 g/mol. The largest absolute Gasteiger partial charge is 0.489 e. The van der Waals surface area contributed by atoms with Crippen molar-refractivity contribution in [3.05, 3.63) is 63.0 Å². The van der Waals surface area contributed by atoms with Gasteiger partial charge in [-0.25, -0.2) is 0 Å². The van der Waals surface area contributed by atoms with Crippen LogP contribution >= 0.6 is 35.0 Å². The second-order valence-electron chi connectivity index (χ2n) is 6.82. The number of imide groups is 1. The van der Waals surface area contributed by atoms with Gasteiger partial charge in [0.1, 0.15) is 12.3 Å². The van der Waals surface area contributed by atoms with E-state index in [4.69, 9.17) is 27.9 Å². The van der Waals surface area contributed by atoms with Crippen LogP contribution in [-0.2, 0) is 9.59 Å². The highest BCUT2D eigenvalue weighted by Crippen LogP contribution is 2.34. The van der Waals surface area contributed by atoms with Gasteiger partial charge in [0.25, 0.3) is 11.1 Å². The van der Waals surface area contributed by atoms with E-state index in [2.05, 4.69) is 5.32 Å². The molecule has 0 aliphatic carbocycles. The molecule has 6 nitrogen and oxygen atoms in total. The highest BCUT2D eigenvalue weighted by Gasteiger charge is 2.36. The van der Waals surface area contributed by atoms with Gasteiger partial charge in [-0.2, -0.15) is 0 Å². The van der Waals surface area contributed by atoms with Crippen molar-refractivity contribution in [2.45, 2.75) is 26.4 Å². The smallest absolute Gasteiger partial charge is 0.294 e. The Balaban J connectivity index is 1.69. The van der Waals surface area contributed by atoms with E-state index in [1.165, 1.54) is 0 Å².